The van der Waals surface area contributed by atoms with Gasteiger partial charge in [0.15, 0.2) is 0 Å². The minimum Gasteiger partial charge on any atom is -0.377 e. The van der Waals surface area contributed by atoms with E-state index in [4.69, 9.17) is 4.74 Å². The van der Waals surface area contributed by atoms with Gasteiger partial charge < -0.3 is 10.1 Å². The van der Waals surface area contributed by atoms with Crippen molar-refractivity contribution < 1.29 is 4.74 Å². The van der Waals surface area contributed by atoms with Gasteiger partial charge >= 0.3 is 0 Å². The summed E-state index contributed by atoms with van der Waals surface area (Å²) in [6, 6.07) is 2.02. The van der Waals surface area contributed by atoms with Crippen molar-refractivity contribution in [2.75, 3.05) is 18.5 Å². The lowest BCUT2D eigenvalue weighted by Crippen LogP contribution is -2.13. The number of rotatable bonds is 5. The minimum atomic E-state index is 0.321. The van der Waals surface area contributed by atoms with Gasteiger partial charge in [0.25, 0.3) is 0 Å². The molecule has 2 atom stereocenters. The largest absolute Gasteiger partial charge is 0.377 e. The van der Waals surface area contributed by atoms with E-state index in [2.05, 4.69) is 29.1 Å². The lowest BCUT2D eigenvalue weighted by Gasteiger charge is -2.13. The first-order chi connectivity index (χ1) is 8.29. The smallest absolute Gasteiger partial charge is 0.130 e. The van der Waals surface area contributed by atoms with Crippen LogP contribution in [0.2, 0.25) is 0 Å². The minimum absolute atomic E-state index is 0.321. The number of hydrogen-bond acceptors (Lipinski definition) is 5. The standard InChI is InChI=1S/C12H19N3OS/c1-3-5-13-11-7-12(15-8-14-11)17-10-4-6-16-9(10)2/h7-10H,3-6H2,1-2H3,(H,13,14,15). The van der Waals surface area contributed by atoms with Crippen LogP contribution < -0.4 is 5.32 Å². The first kappa shape index (κ1) is 12.6. The molecule has 0 spiro atoms. The van der Waals surface area contributed by atoms with Crippen LogP contribution in [-0.4, -0.2) is 34.5 Å². The highest BCUT2D eigenvalue weighted by molar-refractivity contribution is 7.99. The number of nitrogens with zero attached hydrogens (tertiary/aromatic N) is 2. The normalized spacial score (nSPS) is 23.9. The molecule has 1 N–H and O–H groups in total. The molecule has 1 aliphatic heterocycles. The third kappa shape index (κ3) is 3.57. The molecule has 1 aliphatic rings. The maximum absolute atomic E-state index is 5.55. The molecular weight excluding hydrogens is 234 g/mol. The Kier molecular flexibility index (Phi) is 4.62. The van der Waals surface area contributed by atoms with Gasteiger partial charge in [-0.1, -0.05) is 6.92 Å². The van der Waals surface area contributed by atoms with Gasteiger partial charge in [-0.15, -0.1) is 11.8 Å². The lowest BCUT2D eigenvalue weighted by molar-refractivity contribution is 0.127. The highest BCUT2D eigenvalue weighted by atomic mass is 32.2. The Morgan fingerprint density at radius 3 is 3.12 bits per heavy atom. The zero-order chi connectivity index (χ0) is 12.1. The van der Waals surface area contributed by atoms with E-state index < -0.39 is 0 Å². The molecule has 94 valence electrons. The Labute approximate surface area is 107 Å². The van der Waals surface area contributed by atoms with Crippen LogP contribution in [-0.2, 0) is 4.74 Å². The summed E-state index contributed by atoms with van der Waals surface area (Å²) in [5, 5.41) is 4.82. The Bertz CT molecular complexity index is 361. The van der Waals surface area contributed by atoms with Gasteiger partial charge in [0, 0.05) is 24.5 Å². The third-order valence-corrected chi connectivity index (χ3v) is 4.16. The number of aromatic nitrogens is 2. The Morgan fingerprint density at radius 1 is 1.53 bits per heavy atom. The SMILES string of the molecule is CCCNc1cc(SC2CCOC2C)ncn1. The van der Waals surface area contributed by atoms with Gasteiger partial charge in [0.05, 0.1) is 6.10 Å². The number of hydrogen-bond donors (Lipinski definition) is 1. The molecule has 1 saturated heterocycles. The van der Waals surface area contributed by atoms with Crippen LogP contribution >= 0.6 is 11.8 Å². The van der Waals surface area contributed by atoms with Crippen LogP contribution in [0.3, 0.4) is 0 Å². The van der Waals surface area contributed by atoms with E-state index in [9.17, 15) is 0 Å². The average molecular weight is 253 g/mol. The topological polar surface area (TPSA) is 47.0 Å². The molecule has 0 radical (unpaired) electrons. The molecule has 0 aromatic carbocycles. The van der Waals surface area contributed by atoms with Gasteiger partial charge in [-0.25, -0.2) is 9.97 Å². The van der Waals surface area contributed by atoms with Crippen molar-refractivity contribution in [2.45, 2.75) is 43.1 Å². The molecule has 0 aliphatic carbocycles. The number of nitrogens with one attached hydrogen (secondary N) is 1. The molecule has 0 saturated carbocycles. The maximum Gasteiger partial charge on any atom is 0.130 e. The monoisotopic (exact) mass is 253 g/mol. The van der Waals surface area contributed by atoms with Crippen molar-refractivity contribution >= 4 is 17.6 Å². The van der Waals surface area contributed by atoms with E-state index in [0.29, 0.717) is 11.4 Å². The summed E-state index contributed by atoms with van der Waals surface area (Å²) < 4.78 is 5.55. The molecule has 1 aromatic rings. The van der Waals surface area contributed by atoms with Crippen LogP contribution in [0.25, 0.3) is 0 Å². The fraction of sp³-hybridized carbons (Fsp3) is 0.667. The van der Waals surface area contributed by atoms with Gasteiger partial charge in [0.2, 0.25) is 0 Å². The fourth-order valence-electron chi connectivity index (χ4n) is 1.78. The van der Waals surface area contributed by atoms with Gasteiger partial charge in [-0.05, 0) is 19.8 Å². The van der Waals surface area contributed by atoms with Crippen molar-refractivity contribution in [3.8, 4) is 0 Å². The predicted molar refractivity (Wildman–Crippen MR) is 70.5 cm³/mol. The lowest BCUT2D eigenvalue weighted by atomic mass is 10.3. The molecular formula is C12H19N3OS. The molecule has 17 heavy (non-hydrogen) atoms. The second-order valence-corrected chi connectivity index (χ2v) is 5.45. The predicted octanol–water partition coefficient (Wildman–Crippen LogP) is 2.57. The van der Waals surface area contributed by atoms with Crippen molar-refractivity contribution in [2.24, 2.45) is 0 Å². The van der Waals surface area contributed by atoms with Crippen LogP contribution in [0.1, 0.15) is 26.7 Å². The molecule has 2 heterocycles. The summed E-state index contributed by atoms with van der Waals surface area (Å²) in [4.78, 5) is 8.51. The first-order valence-electron chi connectivity index (χ1n) is 6.13. The summed E-state index contributed by atoms with van der Waals surface area (Å²) in [7, 11) is 0. The van der Waals surface area contributed by atoms with E-state index in [1.165, 1.54) is 0 Å². The highest BCUT2D eigenvalue weighted by Crippen LogP contribution is 2.31. The summed E-state index contributed by atoms with van der Waals surface area (Å²) >= 11 is 1.79. The van der Waals surface area contributed by atoms with Gasteiger partial charge in [-0.3, -0.25) is 0 Å². The van der Waals surface area contributed by atoms with E-state index >= 15 is 0 Å². The van der Waals surface area contributed by atoms with Gasteiger partial charge in [0.1, 0.15) is 17.2 Å². The third-order valence-electron chi connectivity index (χ3n) is 2.78. The summed E-state index contributed by atoms with van der Waals surface area (Å²) in [6.45, 7) is 6.08. The zero-order valence-corrected chi connectivity index (χ0v) is 11.2. The Balaban J connectivity index is 1.95. The van der Waals surface area contributed by atoms with Crippen molar-refractivity contribution in [3.63, 3.8) is 0 Å². The number of thioether (sulfide) groups is 1. The van der Waals surface area contributed by atoms with Crippen molar-refractivity contribution in [3.05, 3.63) is 12.4 Å². The maximum atomic E-state index is 5.55. The summed E-state index contributed by atoms with van der Waals surface area (Å²) in [5.41, 5.74) is 0. The molecule has 0 amide bonds. The molecule has 4 nitrogen and oxygen atoms in total. The highest BCUT2D eigenvalue weighted by Gasteiger charge is 2.25. The molecule has 2 unspecified atom stereocenters. The van der Waals surface area contributed by atoms with Crippen molar-refractivity contribution in [1.82, 2.24) is 9.97 Å². The average Bonchev–Trinajstić information content (AvgIpc) is 2.73. The van der Waals surface area contributed by atoms with E-state index in [-0.39, 0.29) is 0 Å². The number of ether oxygens (including phenoxy) is 1. The molecule has 5 heteroatoms. The van der Waals surface area contributed by atoms with Crippen LogP contribution in [0, 0.1) is 0 Å². The van der Waals surface area contributed by atoms with Crippen LogP contribution in [0.15, 0.2) is 17.4 Å². The second-order valence-electron chi connectivity index (χ2n) is 4.19. The Hall–Kier alpha value is -0.810. The van der Waals surface area contributed by atoms with Crippen LogP contribution in [0.4, 0.5) is 5.82 Å². The number of anilines is 1. The molecule has 1 fully saturated rings. The van der Waals surface area contributed by atoms with E-state index in [0.717, 1.165) is 36.8 Å². The summed E-state index contributed by atoms with van der Waals surface area (Å²) in [6.07, 6.45) is 4.15. The molecule has 2 rings (SSSR count). The van der Waals surface area contributed by atoms with Crippen LogP contribution in [0.5, 0.6) is 0 Å². The fourth-order valence-corrected chi connectivity index (χ4v) is 2.86. The van der Waals surface area contributed by atoms with Gasteiger partial charge in [-0.2, -0.15) is 0 Å². The molecule has 0 bridgehead atoms. The second kappa shape index (κ2) is 6.21. The Morgan fingerprint density at radius 2 is 2.41 bits per heavy atom. The molecule has 1 aromatic heterocycles. The van der Waals surface area contributed by atoms with Crippen molar-refractivity contribution in [1.29, 1.82) is 0 Å². The summed E-state index contributed by atoms with van der Waals surface area (Å²) in [5.74, 6) is 0.913. The van der Waals surface area contributed by atoms with E-state index in [1.54, 1.807) is 18.1 Å². The quantitative estimate of drug-likeness (QED) is 0.817. The zero-order valence-electron chi connectivity index (χ0n) is 10.3. The first-order valence-corrected chi connectivity index (χ1v) is 7.01. The van der Waals surface area contributed by atoms with E-state index in [1.807, 2.05) is 6.07 Å².